The summed E-state index contributed by atoms with van der Waals surface area (Å²) in [6, 6.07) is 4.07. The monoisotopic (exact) mass is 335 g/mol. The van der Waals surface area contributed by atoms with Crippen LogP contribution in [0.5, 0.6) is 0 Å². The van der Waals surface area contributed by atoms with Gasteiger partial charge in [0.25, 0.3) is 10.2 Å². The van der Waals surface area contributed by atoms with E-state index in [0.29, 0.717) is 12.0 Å². The average Bonchev–Trinajstić information content (AvgIpc) is 2.73. The fourth-order valence-electron chi connectivity index (χ4n) is 2.55. The maximum Gasteiger partial charge on any atom is 0.279 e. The largest absolute Gasteiger partial charge is 0.298 e. The summed E-state index contributed by atoms with van der Waals surface area (Å²) in [7, 11) is 1.30. The van der Waals surface area contributed by atoms with Gasteiger partial charge in [0.15, 0.2) is 0 Å². The SMILES string of the molecule is CN1CC[C@@H](NS(=O)(=O)N(C)C)[C@@H]1c1ccc(Cl)c(F)c1. The Kier molecular flexibility index (Phi) is 4.89. The van der Waals surface area contributed by atoms with Gasteiger partial charge >= 0.3 is 0 Å². The van der Waals surface area contributed by atoms with E-state index >= 15 is 0 Å². The molecule has 0 unspecified atom stereocenters. The first-order valence-electron chi connectivity index (χ1n) is 6.57. The molecule has 118 valence electrons. The Hall–Kier alpha value is -0.730. The normalized spacial score (nSPS) is 23.9. The summed E-state index contributed by atoms with van der Waals surface area (Å²) in [5.41, 5.74) is 0.711. The Morgan fingerprint density at radius 1 is 1.43 bits per heavy atom. The van der Waals surface area contributed by atoms with Gasteiger partial charge in [-0.1, -0.05) is 17.7 Å². The van der Waals surface area contributed by atoms with E-state index in [0.717, 1.165) is 10.8 Å². The molecular formula is C13H19ClFN3O2S. The molecule has 2 rings (SSSR count). The molecule has 21 heavy (non-hydrogen) atoms. The third kappa shape index (κ3) is 3.54. The molecule has 5 nitrogen and oxygen atoms in total. The van der Waals surface area contributed by atoms with Crippen LogP contribution in [0.3, 0.4) is 0 Å². The van der Waals surface area contributed by atoms with Gasteiger partial charge in [-0.3, -0.25) is 4.90 Å². The maximum absolute atomic E-state index is 13.7. The first kappa shape index (κ1) is 16.6. The highest BCUT2D eigenvalue weighted by molar-refractivity contribution is 7.87. The third-order valence-corrected chi connectivity index (χ3v) is 5.58. The van der Waals surface area contributed by atoms with E-state index in [1.54, 1.807) is 6.07 Å². The van der Waals surface area contributed by atoms with E-state index in [1.807, 2.05) is 11.9 Å². The smallest absolute Gasteiger partial charge is 0.279 e. The van der Waals surface area contributed by atoms with E-state index < -0.39 is 16.0 Å². The summed E-state index contributed by atoms with van der Waals surface area (Å²) in [5, 5.41) is 0.0600. The topological polar surface area (TPSA) is 52.7 Å². The van der Waals surface area contributed by atoms with Crippen LogP contribution in [0, 0.1) is 5.82 Å². The molecular weight excluding hydrogens is 317 g/mol. The minimum Gasteiger partial charge on any atom is -0.298 e. The van der Waals surface area contributed by atoms with Crippen LogP contribution in [0.2, 0.25) is 5.02 Å². The highest BCUT2D eigenvalue weighted by atomic mass is 35.5. The minimum atomic E-state index is -3.53. The number of rotatable bonds is 4. The lowest BCUT2D eigenvalue weighted by molar-refractivity contribution is 0.296. The molecule has 0 aliphatic carbocycles. The molecule has 1 heterocycles. The Labute approximate surface area is 129 Å². The van der Waals surface area contributed by atoms with Gasteiger partial charge in [0, 0.05) is 26.7 Å². The lowest BCUT2D eigenvalue weighted by Gasteiger charge is -2.27. The molecule has 1 aliphatic heterocycles. The summed E-state index contributed by atoms with van der Waals surface area (Å²) < 4.78 is 41.4. The Morgan fingerprint density at radius 3 is 2.67 bits per heavy atom. The minimum absolute atomic E-state index is 0.0600. The number of hydrogen-bond donors (Lipinski definition) is 1. The first-order chi connectivity index (χ1) is 9.72. The number of likely N-dealkylation sites (N-methyl/N-ethyl adjacent to an activating group) is 1. The fraction of sp³-hybridized carbons (Fsp3) is 0.538. The van der Waals surface area contributed by atoms with Crippen molar-refractivity contribution in [2.24, 2.45) is 0 Å². The Morgan fingerprint density at radius 2 is 2.10 bits per heavy atom. The van der Waals surface area contributed by atoms with Crippen LogP contribution in [-0.4, -0.2) is 51.4 Å². The van der Waals surface area contributed by atoms with Crippen LogP contribution in [0.25, 0.3) is 0 Å². The molecule has 0 spiro atoms. The quantitative estimate of drug-likeness (QED) is 0.909. The number of benzene rings is 1. The number of nitrogens with zero attached hydrogens (tertiary/aromatic N) is 2. The number of halogens is 2. The van der Waals surface area contributed by atoms with E-state index in [-0.39, 0.29) is 17.1 Å². The number of likely N-dealkylation sites (tertiary alicyclic amines) is 1. The zero-order valence-corrected chi connectivity index (χ0v) is 13.7. The predicted octanol–water partition coefficient (Wildman–Crippen LogP) is 1.62. The van der Waals surface area contributed by atoms with Crippen LogP contribution in [0.1, 0.15) is 18.0 Å². The van der Waals surface area contributed by atoms with Crippen molar-refractivity contribution in [2.75, 3.05) is 27.7 Å². The van der Waals surface area contributed by atoms with Crippen LogP contribution in [0.4, 0.5) is 4.39 Å². The van der Waals surface area contributed by atoms with E-state index in [1.165, 1.54) is 26.2 Å². The van der Waals surface area contributed by atoms with E-state index in [2.05, 4.69) is 4.72 Å². The lowest BCUT2D eigenvalue weighted by atomic mass is 10.0. The van der Waals surface area contributed by atoms with Gasteiger partial charge in [-0.25, -0.2) is 4.39 Å². The second kappa shape index (κ2) is 6.18. The zero-order chi connectivity index (χ0) is 15.8. The molecule has 0 amide bonds. The standard InChI is InChI=1S/C13H19ClFN3O2S/c1-17(2)21(19,20)16-12-6-7-18(3)13(12)9-4-5-10(14)11(15)8-9/h4-5,8,12-13,16H,6-7H2,1-3H3/t12-,13+/m1/s1. The Bertz CT molecular complexity index is 624. The molecule has 1 fully saturated rings. The summed E-state index contributed by atoms with van der Waals surface area (Å²) in [6.45, 7) is 0.732. The zero-order valence-electron chi connectivity index (χ0n) is 12.2. The molecule has 1 aromatic carbocycles. The van der Waals surface area contributed by atoms with Crippen molar-refractivity contribution in [1.29, 1.82) is 0 Å². The van der Waals surface area contributed by atoms with Crippen molar-refractivity contribution < 1.29 is 12.8 Å². The van der Waals surface area contributed by atoms with Gasteiger partial charge < -0.3 is 0 Å². The number of nitrogens with one attached hydrogen (secondary N) is 1. The average molecular weight is 336 g/mol. The van der Waals surface area contributed by atoms with E-state index in [4.69, 9.17) is 11.6 Å². The van der Waals surface area contributed by atoms with Gasteiger partial charge in [-0.15, -0.1) is 0 Å². The third-order valence-electron chi connectivity index (χ3n) is 3.72. The van der Waals surface area contributed by atoms with Crippen molar-refractivity contribution in [3.8, 4) is 0 Å². The molecule has 8 heteroatoms. The molecule has 1 aliphatic rings. The highest BCUT2D eigenvalue weighted by Crippen LogP contribution is 2.33. The van der Waals surface area contributed by atoms with Crippen LogP contribution in [-0.2, 0) is 10.2 Å². The van der Waals surface area contributed by atoms with Gasteiger partial charge in [0.1, 0.15) is 5.82 Å². The molecule has 0 radical (unpaired) electrons. The molecule has 1 saturated heterocycles. The molecule has 0 bridgehead atoms. The van der Waals surface area contributed by atoms with Gasteiger partial charge in [-0.2, -0.15) is 17.4 Å². The second-order valence-corrected chi connectivity index (χ2v) is 7.72. The molecule has 1 N–H and O–H groups in total. The fourth-order valence-corrected chi connectivity index (χ4v) is 3.51. The summed E-state index contributed by atoms with van der Waals surface area (Å²) >= 11 is 5.70. The van der Waals surface area contributed by atoms with Crippen molar-refractivity contribution in [3.05, 3.63) is 34.6 Å². The molecule has 1 aromatic rings. The highest BCUT2D eigenvalue weighted by Gasteiger charge is 2.36. The lowest BCUT2D eigenvalue weighted by Crippen LogP contribution is -2.44. The van der Waals surface area contributed by atoms with Gasteiger partial charge in [-0.05, 0) is 31.2 Å². The van der Waals surface area contributed by atoms with Crippen molar-refractivity contribution in [2.45, 2.75) is 18.5 Å². The predicted molar refractivity (Wildman–Crippen MR) is 80.9 cm³/mol. The summed E-state index contributed by atoms with van der Waals surface area (Å²) in [5.74, 6) is -0.497. The summed E-state index contributed by atoms with van der Waals surface area (Å²) in [4.78, 5) is 2.01. The van der Waals surface area contributed by atoms with Gasteiger partial charge in [0.2, 0.25) is 0 Å². The molecule has 0 saturated carbocycles. The van der Waals surface area contributed by atoms with Crippen LogP contribution >= 0.6 is 11.6 Å². The Balaban J connectivity index is 2.29. The van der Waals surface area contributed by atoms with Gasteiger partial charge in [0.05, 0.1) is 11.1 Å². The van der Waals surface area contributed by atoms with Crippen LogP contribution < -0.4 is 4.72 Å². The number of hydrogen-bond acceptors (Lipinski definition) is 3. The summed E-state index contributed by atoms with van der Waals surface area (Å²) in [6.07, 6.45) is 0.665. The van der Waals surface area contributed by atoms with Crippen molar-refractivity contribution >= 4 is 21.8 Å². The molecule has 0 aromatic heterocycles. The van der Waals surface area contributed by atoms with Crippen molar-refractivity contribution in [1.82, 2.24) is 13.9 Å². The van der Waals surface area contributed by atoms with E-state index in [9.17, 15) is 12.8 Å². The second-order valence-electron chi connectivity index (χ2n) is 5.40. The first-order valence-corrected chi connectivity index (χ1v) is 8.39. The molecule has 2 atom stereocenters. The maximum atomic E-state index is 13.7. The van der Waals surface area contributed by atoms with Crippen LogP contribution in [0.15, 0.2) is 18.2 Å². The van der Waals surface area contributed by atoms with Crippen molar-refractivity contribution in [3.63, 3.8) is 0 Å².